The van der Waals surface area contributed by atoms with Crippen LogP contribution in [0.3, 0.4) is 0 Å². The largest absolute Gasteiger partial charge is 0.488 e. The smallest absolute Gasteiger partial charge is 0.350 e. The highest BCUT2D eigenvalue weighted by Gasteiger charge is 2.15. The Kier molecular flexibility index (Phi) is 5.86. The van der Waals surface area contributed by atoms with Crippen LogP contribution >= 0.6 is 46.8 Å². The molecule has 0 fully saturated rings. The van der Waals surface area contributed by atoms with Crippen LogP contribution < -0.4 is 4.74 Å². The van der Waals surface area contributed by atoms with Crippen molar-refractivity contribution in [1.29, 1.82) is 0 Å². The maximum absolute atomic E-state index is 12.0. The van der Waals surface area contributed by atoms with Gasteiger partial charge in [-0.05, 0) is 37.3 Å². The first-order valence-electron chi connectivity index (χ1n) is 6.31. The van der Waals surface area contributed by atoms with Crippen LogP contribution in [-0.2, 0) is 11.8 Å². The average Bonchev–Trinajstić information content (AvgIpc) is 2.73. The number of benzene rings is 1. The van der Waals surface area contributed by atoms with Crippen molar-refractivity contribution in [1.82, 2.24) is 4.57 Å². The monoisotopic (exact) mass is 377 g/mol. The molecular weight excluding hydrogens is 365 g/mol. The lowest BCUT2D eigenvalue weighted by Crippen LogP contribution is -2.12. The highest BCUT2D eigenvalue weighted by Crippen LogP contribution is 2.27. The minimum atomic E-state index is -0.403. The van der Waals surface area contributed by atoms with Gasteiger partial charge >= 0.3 is 5.97 Å². The van der Waals surface area contributed by atoms with Crippen LogP contribution in [0, 0.1) is 10.9 Å². The molecule has 4 nitrogen and oxygen atoms in total. The summed E-state index contributed by atoms with van der Waals surface area (Å²) in [7, 11) is 1.82. The van der Waals surface area contributed by atoms with Gasteiger partial charge in [0.05, 0.1) is 5.02 Å². The fourth-order valence-corrected chi connectivity index (χ4v) is 3.38. The SMILES string of the molecule is Cc1c(C(=O)OCCOc2ccc(Cl)cc2Cl)sc(=S)n1C. The molecule has 0 aliphatic heterocycles. The van der Waals surface area contributed by atoms with E-state index in [1.807, 2.05) is 14.0 Å². The fraction of sp³-hybridized carbons (Fsp3) is 0.286. The lowest BCUT2D eigenvalue weighted by molar-refractivity contribution is 0.0454. The number of esters is 1. The van der Waals surface area contributed by atoms with E-state index in [1.54, 1.807) is 22.8 Å². The van der Waals surface area contributed by atoms with E-state index < -0.39 is 5.97 Å². The van der Waals surface area contributed by atoms with Gasteiger partial charge in [-0.15, -0.1) is 0 Å². The molecule has 0 amide bonds. The molecule has 2 aromatic rings. The second-order valence-corrected chi connectivity index (χ2v) is 6.89. The lowest BCUT2D eigenvalue weighted by atomic mass is 10.3. The Morgan fingerprint density at radius 2 is 2.09 bits per heavy atom. The molecule has 22 heavy (non-hydrogen) atoms. The number of carbonyl (C=O) groups is 1. The van der Waals surface area contributed by atoms with Crippen LogP contribution in [0.1, 0.15) is 15.4 Å². The number of thiazole rings is 1. The standard InChI is InChI=1S/C14H13Cl2NO3S2/c1-8-12(22-14(21)17(8)2)13(18)20-6-5-19-11-4-3-9(15)7-10(11)16/h3-4,7H,5-6H2,1-2H3. The summed E-state index contributed by atoms with van der Waals surface area (Å²) < 4.78 is 13.0. The molecule has 1 aromatic carbocycles. The quantitative estimate of drug-likeness (QED) is 0.431. The highest BCUT2D eigenvalue weighted by atomic mass is 35.5. The summed E-state index contributed by atoms with van der Waals surface area (Å²) in [5, 5.41) is 0.945. The molecule has 0 N–H and O–H groups in total. The van der Waals surface area contributed by atoms with Crippen LogP contribution in [0.15, 0.2) is 18.2 Å². The zero-order valence-corrected chi connectivity index (χ0v) is 15.0. The van der Waals surface area contributed by atoms with E-state index in [2.05, 4.69) is 0 Å². The average molecular weight is 378 g/mol. The Morgan fingerprint density at radius 3 is 2.68 bits per heavy atom. The molecule has 0 unspecified atom stereocenters. The Balaban J connectivity index is 1.87. The summed E-state index contributed by atoms with van der Waals surface area (Å²) in [6, 6.07) is 4.93. The summed E-state index contributed by atoms with van der Waals surface area (Å²) in [5.41, 5.74) is 0.793. The van der Waals surface area contributed by atoms with Gasteiger partial charge in [0.15, 0.2) is 3.95 Å². The van der Waals surface area contributed by atoms with Crippen LogP contribution in [0.2, 0.25) is 10.0 Å². The van der Waals surface area contributed by atoms with Crippen molar-refractivity contribution in [3.05, 3.63) is 42.8 Å². The summed E-state index contributed by atoms with van der Waals surface area (Å²) in [6.07, 6.45) is 0. The van der Waals surface area contributed by atoms with Gasteiger partial charge in [-0.2, -0.15) is 0 Å². The third-order valence-electron chi connectivity index (χ3n) is 2.95. The van der Waals surface area contributed by atoms with Crippen molar-refractivity contribution in [2.75, 3.05) is 13.2 Å². The number of hydrogen-bond acceptors (Lipinski definition) is 5. The van der Waals surface area contributed by atoms with Gasteiger partial charge in [-0.1, -0.05) is 34.5 Å². The Labute approximate surface area is 147 Å². The molecular formula is C14H13Cl2NO3S2. The zero-order valence-electron chi connectivity index (χ0n) is 11.9. The summed E-state index contributed by atoms with van der Waals surface area (Å²) >= 11 is 18.1. The number of carbonyl (C=O) groups excluding carboxylic acids is 1. The molecule has 0 saturated carbocycles. The van der Waals surface area contributed by atoms with Crippen molar-refractivity contribution in [2.24, 2.45) is 7.05 Å². The van der Waals surface area contributed by atoms with Crippen LogP contribution in [-0.4, -0.2) is 23.8 Å². The molecule has 1 heterocycles. The van der Waals surface area contributed by atoms with E-state index in [1.165, 1.54) is 11.3 Å². The number of ether oxygens (including phenoxy) is 2. The summed E-state index contributed by atoms with van der Waals surface area (Å²) in [5.74, 6) is 0.0914. The minimum Gasteiger partial charge on any atom is -0.488 e. The first kappa shape index (κ1) is 17.3. The van der Waals surface area contributed by atoms with Crippen molar-refractivity contribution in [3.8, 4) is 5.75 Å². The maximum Gasteiger partial charge on any atom is 0.350 e. The molecule has 0 aliphatic carbocycles. The van der Waals surface area contributed by atoms with Crippen molar-refractivity contribution < 1.29 is 14.3 Å². The summed E-state index contributed by atoms with van der Waals surface area (Å²) in [6.45, 7) is 2.14. The van der Waals surface area contributed by atoms with Crippen molar-refractivity contribution in [3.63, 3.8) is 0 Å². The van der Waals surface area contributed by atoms with E-state index in [4.69, 9.17) is 44.9 Å². The molecule has 0 spiro atoms. The zero-order chi connectivity index (χ0) is 16.3. The number of aromatic nitrogens is 1. The highest BCUT2D eigenvalue weighted by molar-refractivity contribution is 7.73. The third-order valence-corrected chi connectivity index (χ3v) is 5.12. The molecule has 0 saturated heterocycles. The first-order chi connectivity index (χ1) is 10.4. The van der Waals surface area contributed by atoms with Gasteiger partial charge in [-0.3, -0.25) is 0 Å². The molecule has 0 atom stereocenters. The van der Waals surface area contributed by atoms with E-state index in [0.29, 0.717) is 24.6 Å². The number of halogens is 2. The van der Waals surface area contributed by atoms with E-state index in [9.17, 15) is 4.79 Å². The van der Waals surface area contributed by atoms with Crippen LogP contribution in [0.5, 0.6) is 5.75 Å². The molecule has 118 valence electrons. The van der Waals surface area contributed by atoms with Crippen LogP contribution in [0.4, 0.5) is 0 Å². The lowest BCUT2D eigenvalue weighted by Gasteiger charge is -2.08. The second-order valence-electron chi connectivity index (χ2n) is 4.40. The van der Waals surface area contributed by atoms with Gasteiger partial charge < -0.3 is 14.0 Å². The molecule has 1 aromatic heterocycles. The van der Waals surface area contributed by atoms with Gasteiger partial charge in [-0.25, -0.2) is 4.79 Å². The minimum absolute atomic E-state index is 0.117. The van der Waals surface area contributed by atoms with Gasteiger partial charge in [0, 0.05) is 17.8 Å². The van der Waals surface area contributed by atoms with E-state index in [0.717, 1.165) is 5.69 Å². The Hall–Kier alpha value is -1.08. The normalized spacial score (nSPS) is 10.5. The van der Waals surface area contributed by atoms with Crippen LogP contribution in [0.25, 0.3) is 0 Å². The second kappa shape index (κ2) is 7.46. The number of hydrogen-bond donors (Lipinski definition) is 0. The molecule has 0 bridgehead atoms. The third kappa shape index (κ3) is 4.01. The Bertz CT molecular complexity index is 755. The van der Waals surface area contributed by atoms with E-state index in [-0.39, 0.29) is 13.2 Å². The Morgan fingerprint density at radius 1 is 1.36 bits per heavy atom. The molecule has 0 radical (unpaired) electrons. The van der Waals surface area contributed by atoms with Crippen molar-refractivity contribution >= 4 is 52.7 Å². The van der Waals surface area contributed by atoms with Crippen molar-refractivity contribution in [2.45, 2.75) is 6.92 Å². The fourth-order valence-electron chi connectivity index (χ4n) is 1.65. The molecule has 0 aliphatic rings. The number of rotatable bonds is 5. The van der Waals surface area contributed by atoms with Gasteiger partial charge in [0.25, 0.3) is 0 Å². The topological polar surface area (TPSA) is 40.5 Å². The summed E-state index contributed by atoms with van der Waals surface area (Å²) in [4.78, 5) is 12.5. The van der Waals surface area contributed by atoms with Gasteiger partial charge in [0.2, 0.25) is 0 Å². The molecule has 8 heteroatoms. The number of nitrogens with zero attached hydrogens (tertiary/aromatic N) is 1. The predicted molar refractivity (Wildman–Crippen MR) is 91.1 cm³/mol. The molecule has 2 rings (SSSR count). The first-order valence-corrected chi connectivity index (χ1v) is 8.29. The predicted octanol–water partition coefficient (Wildman–Crippen LogP) is 4.67. The van der Waals surface area contributed by atoms with E-state index >= 15 is 0 Å². The van der Waals surface area contributed by atoms with Gasteiger partial charge in [0.1, 0.15) is 23.8 Å². The maximum atomic E-state index is 12.0.